The van der Waals surface area contributed by atoms with Crippen LogP contribution < -0.4 is 4.74 Å². The van der Waals surface area contributed by atoms with Crippen molar-refractivity contribution in [3.63, 3.8) is 0 Å². The van der Waals surface area contributed by atoms with Gasteiger partial charge in [-0.25, -0.2) is 8.78 Å². The molecule has 2 aliphatic rings. The second kappa shape index (κ2) is 10.9. The number of hydrogen-bond donors (Lipinski definition) is 0. The summed E-state index contributed by atoms with van der Waals surface area (Å²) in [6.07, 6.45) is 1.44. The minimum absolute atomic E-state index is 0.00387. The van der Waals surface area contributed by atoms with E-state index >= 15 is 0 Å². The Morgan fingerprint density at radius 1 is 0.971 bits per heavy atom. The number of carbonyl (C=O) groups is 2. The van der Waals surface area contributed by atoms with E-state index in [9.17, 15) is 18.4 Å². The molecule has 6 nitrogen and oxygen atoms in total. The summed E-state index contributed by atoms with van der Waals surface area (Å²) in [5, 5.41) is 0.582. The molecular formula is C26H30ClF2N3O3. The number of hydrogen-bond acceptors (Lipinski definition) is 4. The van der Waals surface area contributed by atoms with Crippen LogP contribution in [0, 0.1) is 17.0 Å². The molecule has 2 heterocycles. The summed E-state index contributed by atoms with van der Waals surface area (Å²) in [7, 11) is 2.02. The number of likely N-dealkylation sites (N-methyl/N-ethyl adjacent to an activating group) is 1. The van der Waals surface area contributed by atoms with Crippen molar-refractivity contribution in [1.82, 2.24) is 14.7 Å². The Kier molecular flexibility index (Phi) is 7.91. The van der Waals surface area contributed by atoms with Gasteiger partial charge in [-0.1, -0.05) is 17.7 Å². The number of nitrogens with zero attached hydrogens (tertiary/aromatic N) is 3. The molecule has 0 aliphatic carbocycles. The standard InChI is InChI=1S/C26H30ClF2N3O3/c1-30-12-14-31(15-13-30)23(33)16-26(18-35-20-8-6-19(27)7-9-20)10-3-11-32(17-26)25(34)24-21(28)4-2-5-22(24)29/h2,4-9H,3,10-18H2,1H3/t26-/m0/s1. The maximum atomic E-state index is 14.3. The van der Waals surface area contributed by atoms with E-state index in [2.05, 4.69) is 4.90 Å². The van der Waals surface area contributed by atoms with Crippen molar-refractivity contribution in [2.24, 2.45) is 5.41 Å². The van der Waals surface area contributed by atoms with E-state index in [4.69, 9.17) is 16.3 Å². The van der Waals surface area contributed by atoms with Crippen LogP contribution in [0.15, 0.2) is 42.5 Å². The van der Waals surface area contributed by atoms with Crippen molar-refractivity contribution in [2.45, 2.75) is 19.3 Å². The van der Waals surface area contributed by atoms with Gasteiger partial charge < -0.3 is 19.4 Å². The number of amides is 2. The first kappa shape index (κ1) is 25.4. The SMILES string of the molecule is CN1CCN(C(=O)C[C@@]2(COc3ccc(Cl)cc3)CCCN(C(=O)c3c(F)cccc3F)C2)CC1. The molecule has 0 bridgehead atoms. The smallest absolute Gasteiger partial charge is 0.259 e. The van der Waals surface area contributed by atoms with Gasteiger partial charge in [0.25, 0.3) is 5.91 Å². The number of carbonyl (C=O) groups excluding carboxylic acids is 2. The fourth-order valence-electron chi connectivity index (χ4n) is 4.81. The van der Waals surface area contributed by atoms with Gasteiger partial charge in [0.05, 0.1) is 6.61 Å². The van der Waals surface area contributed by atoms with Crippen LogP contribution in [0.4, 0.5) is 8.78 Å². The number of piperazine rings is 1. The summed E-state index contributed by atoms with van der Waals surface area (Å²) >= 11 is 5.98. The summed E-state index contributed by atoms with van der Waals surface area (Å²) in [6, 6.07) is 10.3. The molecule has 2 fully saturated rings. The molecule has 35 heavy (non-hydrogen) atoms. The molecule has 2 amide bonds. The largest absolute Gasteiger partial charge is 0.493 e. The molecule has 9 heteroatoms. The molecule has 2 aliphatic heterocycles. The van der Waals surface area contributed by atoms with Gasteiger partial charge >= 0.3 is 0 Å². The predicted molar refractivity (Wildman–Crippen MR) is 130 cm³/mol. The Labute approximate surface area is 209 Å². The second-order valence-corrected chi connectivity index (χ2v) is 9.97. The van der Waals surface area contributed by atoms with Gasteiger partial charge in [-0.2, -0.15) is 0 Å². The Balaban J connectivity index is 1.55. The first-order chi connectivity index (χ1) is 16.8. The third-order valence-electron chi connectivity index (χ3n) is 6.87. The lowest BCUT2D eigenvalue weighted by molar-refractivity contribution is -0.137. The van der Waals surface area contributed by atoms with Gasteiger partial charge in [-0.15, -0.1) is 0 Å². The van der Waals surface area contributed by atoms with Gasteiger partial charge in [-0.3, -0.25) is 9.59 Å². The number of rotatable bonds is 6. The molecule has 0 spiro atoms. The Bertz CT molecular complexity index is 1040. The molecule has 0 radical (unpaired) electrons. The molecule has 2 aromatic carbocycles. The summed E-state index contributed by atoms with van der Waals surface area (Å²) in [5.41, 5.74) is -1.25. The molecule has 0 aromatic heterocycles. The predicted octanol–water partition coefficient (Wildman–Crippen LogP) is 4.08. The normalized spacial score (nSPS) is 21.1. The first-order valence-electron chi connectivity index (χ1n) is 11.8. The van der Waals surface area contributed by atoms with Gasteiger partial charge in [0, 0.05) is 56.1 Å². The summed E-state index contributed by atoms with van der Waals surface area (Å²) in [4.78, 5) is 31.9. The highest BCUT2D eigenvalue weighted by molar-refractivity contribution is 6.30. The van der Waals surface area contributed by atoms with Crippen molar-refractivity contribution in [1.29, 1.82) is 0 Å². The molecule has 4 rings (SSSR count). The fourth-order valence-corrected chi connectivity index (χ4v) is 4.94. The Morgan fingerprint density at radius 3 is 2.29 bits per heavy atom. The minimum atomic E-state index is -0.892. The quantitative estimate of drug-likeness (QED) is 0.593. The highest BCUT2D eigenvalue weighted by Gasteiger charge is 2.42. The van der Waals surface area contributed by atoms with Gasteiger partial charge in [-0.05, 0) is 56.3 Å². The van der Waals surface area contributed by atoms with Crippen molar-refractivity contribution >= 4 is 23.4 Å². The third kappa shape index (κ3) is 6.11. The zero-order chi connectivity index (χ0) is 25.0. The van der Waals surface area contributed by atoms with E-state index in [1.807, 2.05) is 11.9 Å². The molecule has 1 atom stereocenters. The third-order valence-corrected chi connectivity index (χ3v) is 7.12. The van der Waals surface area contributed by atoms with E-state index < -0.39 is 28.5 Å². The zero-order valence-electron chi connectivity index (χ0n) is 19.8. The number of piperidine rings is 1. The number of ether oxygens (including phenoxy) is 1. The van der Waals surface area contributed by atoms with Crippen molar-refractivity contribution in [3.8, 4) is 5.75 Å². The Hall–Kier alpha value is -2.71. The van der Waals surface area contributed by atoms with Crippen LogP contribution in [0.2, 0.25) is 5.02 Å². The maximum absolute atomic E-state index is 14.3. The van der Waals surface area contributed by atoms with Crippen molar-refractivity contribution < 1.29 is 23.1 Å². The van der Waals surface area contributed by atoms with Crippen LogP contribution in [0.5, 0.6) is 5.75 Å². The lowest BCUT2D eigenvalue weighted by Gasteiger charge is -2.43. The molecule has 188 valence electrons. The highest BCUT2D eigenvalue weighted by atomic mass is 35.5. The lowest BCUT2D eigenvalue weighted by atomic mass is 9.77. The molecular weight excluding hydrogens is 476 g/mol. The van der Waals surface area contributed by atoms with Gasteiger partial charge in [0.1, 0.15) is 22.9 Å². The Morgan fingerprint density at radius 2 is 1.63 bits per heavy atom. The van der Waals surface area contributed by atoms with E-state index in [1.165, 1.54) is 11.0 Å². The fraction of sp³-hybridized carbons (Fsp3) is 0.462. The topological polar surface area (TPSA) is 53.1 Å². The van der Waals surface area contributed by atoms with E-state index in [0.717, 1.165) is 25.2 Å². The van der Waals surface area contributed by atoms with Crippen molar-refractivity contribution in [2.75, 3.05) is 52.9 Å². The van der Waals surface area contributed by atoms with Crippen LogP contribution >= 0.6 is 11.6 Å². The first-order valence-corrected chi connectivity index (χ1v) is 12.2. The average Bonchev–Trinajstić information content (AvgIpc) is 2.84. The van der Waals surface area contributed by atoms with Gasteiger partial charge in [0.15, 0.2) is 0 Å². The lowest BCUT2D eigenvalue weighted by Crippen LogP contribution is -2.53. The monoisotopic (exact) mass is 505 g/mol. The summed E-state index contributed by atoms with van der Waals surface area (Å²) in [5.74, 6) is -1.88. The molecule has 0 N–H and O–H groups in total. The number of benzene rings is 2. The van der Waals surface area contributed by atoms with Crippen molar-refractivity contribution in [3.05, 3.63) is 64.7 Å². The molecule has 0 saturated carbocycles. The second-order valence-electron chi connectivity index (χ2n) is 9.53. The van der Waals surface area contributed by atoms with Crippen LogP contribution in [0.1, 0.15) is 29.6 Å². The number of halogens is 3. The highest BCUT2D eigenvalue weighted by Crippen LogP contribution is 2.36. The molecule has 0 unspecified atom stereocenters. The summed E-state index contributed by atoms with van der Waals surface area (Å²) in [6.45, 7) is 3.62. The van der Waals surface area contributed by atoms with E-state index in [0.29, 0.717) is 43.2 Å². The maximum Gasteiger partial charge on any atom is 0.259 e. The molecule has 2 saturated heterocycles. The van der Waals surface area contributed by atoms with Crippen LogP contribution in [0.3, 0.4) is 0 Å². The molecule has 2 aromatic rings. The summed E-state index contributed by atoms with van der Waals surface area (Å²) < 4.78 is 34.8. The zero-order valence-corrected chi connectivity index (χ0v) is 20.6. The number of likely N-dealkylation sites (tertiary alicyclic amines) is 1. The average molecular weight is 506 g/mol. The van der Waals surface area contributed by atoms with Crippen LogP contribution in [-0.2, 0) is 4.79 Å². The van der Waals surface area contributed by atoms with Crippen LogP contribution in [-0.4, -0.2) is 79.4 Å². The van der Waals surface area contributed by atoms with Gasteiger partial charge in [0.2, 0.25) is 5.91 Å². The van der Waals surface area contributed by atoms with E-state index in [1.54, 1.807) is 24.3 Å². The minimum Gasteiger partial charge on any atom is -0.493 e. The van der Waals surface area contributed by atoms with Crippen LogP contribution in [0.25, 0.3) is 0 Å². The van der Waals surface area contributed by atoms with E-state index in [-0.39, 0.29) is 25.5 Å².